The molecule has 0 unspecified atom stereocenters. The number of benzene rings is 1. The summed E-state index contributed by atoms with van der Waals surface area (Å²) in [7, 11) is 0. The van der Waals surface area contributed by atoms with Gasteiger partial charge in [0.1, 0.15) is 12.7 Å². The molecule has 0 aromatic heterocycles. The molecule has 0 radical (unpaired) electrons. The lowest BCUT2D eigenvalue weighted by atomic mass is 9.87. The van der Waals surface area contributed by atoms with Crippen molar-refractivity contribution in [2.45, 2.75) is 116 Å². The first kappa shape index (κ1) is 32.8. The van der Waals surface area contributed by atoms with Gasteiger partial charge in [-0.05, 0) is 36.0 Å². The molecule has 0 aliphatic carbocycles. The van der Waals surface area contributed by atoms with Crippen molar-refractivity contribution in [1.82, 2.24) is 0 Å². The molecule has 0 bridgehead atoms. The summed E-state index contributed by atoms with van der Waals surface area (Å²) in [5, 5.41) is 3.47. The second kappa shape index (κ2) is 14.4. The van der Waals surface area contributed by atoms with Crippen LogP contribution < -0.4 is 5.32 Å². The number of hydrogen-bond acceptors (Lipinski definition) is 11. The molecular formula is C30H45NO10. The van der Waals surface area contributed by atoms with Gasteiger partial charge in [0.25, 0.3) is 5.97 Å². The summed E-state index contributed by atoms with van der Waals surface area (Å²) >= 11 is 0. The monoisotopic (exact) mass is 579 g/mol. The first-order valence-electron chi connectivity index (χ1n) is 14.2. The van der Waals surface area contributed by atoms with Crippen LogP contribution in [-0.4, -0.2) is 74.3 Å². The molecule has 230 valence electrons. The van der Waals surface area contributed by atoms with Gasteiger partial charge in [-0.2, -0.15) is 0 Å². The van der Waals surface area contributed by atoms with Crippen molar-refractivity contribution in [1.29, 1.82) is 0 Å². The Morgan fingerprint density at radius 3 is 2.12 bits per heavy atom. The van der Waals surface area contributed by atoms with E-state index in [9.17, 15) is 14.4 Å². The van der Waals surface area contributed by atoms with Gasteiger partial charge in [-0.25, -0.2) is 0 Å². The minimum Gasteiger partial charge on any atom is -0.463 e. The highest BCUT2D eigenvalue weighted by Gasteiger charge is 2.59. The smallest absolute Gasteiger partial charge is 0.303 e. The number of unbranched alkanes of at least 4 members (excludes halogenated alkanes) is 3. The predicted molar refractivity (Wildman–Crippen MR) is 149 cm³/mol. The van der Waals surface area contributed by atoms with Crippen LogP contribution in [-0.2, 0) is 53.0 Å². The van der Waals surface area contributed by atoms with Gasteiger partial charge < -0.3 is 33.7 Å². The summed E-state index contributed by atoms with van der Waals surface area (Å²) in [6, 6.07) is 8.58. The second-order valence-electron chi connectivity index (χ2n) is 11.6. The highest BCUT2D eigenvalue weighted by Crippen LogP contribution is 2.39. The molecule has 11 heteroatoms. The maximum absolute atomic E-state index is 11.9. The van der Waals surface area contributed by atoms with Gasteiger partial charge in [0, 0.05) is 39.9 Å². The number of hydrogen-bond donors (Lipinski definition) is 1. The van der Waals surface area contributed by atoms with Crippen LogP contribution in [0.2, 0.25) is 0 Å². The quantitative estimate of drug-likeness (QED) is 0.205. The number of carbonyl (C=O) groups is 3. The van der Waals surface area contributed by atoms with Crippen molar-refractivity contribution in [2.75, 3.05) is 25.1 Å². The standard InChI is InChI=1S/C30H45NO10/c1-19(32)35-18-24-25(37-20(2)33)26(38-21(3)34)27-28(39-24)41-30(7,40-27)36-17-11-9-8-10-16-31-23-14-12-22(13-15-23)29(4,5)6/h12-15,24-28,31H,8-11,16-18H2,1-7H3/t24-,25-,26+,27+,28+,30-/m1/s1. The molecule has 2 saturated heterocycles. The molecule has 1 aromatic rings. The first-order valence-corrected chi connectivity index (χ1v) is 14.2. The molecule has 2 aliphatic heterocycles. The van der Waals surface area contributed by atoms with Crippen molar-refractivity contribution in [3.63, 3.8) is 0 Å². The maximum Gasteiger partial charge on any atom is 0.303 e. The zero-order valence-electron chi connectivity index (χ0n) is 25.2. The molecule has 1 aromatic carbocycles. The molecule has 0 spiro atoms. The van der Waals surface area contributed by atoms with Gasteiger partial charge >= 0.3 is 17.9 Å². The summed E-state index contributed by atoms with van der Waals surface area (Å²) in [6.07, 6.45) is -1.20. The Hall–Kier alpha value is -2.73. The minimum atomic E-state index is -1.47. The highest BCUT2D eigenvalue weighted by atomic mass is 16.9. The van der Waals surface area contributed by atoms with Crippen LogP contribution in [0.15, 0.2) is 24.3 Å². The number of esters is 3. The van der Waals surface area contributed by atoms with E-state index < -0.39 is 54.6 Å². The zero-order valence-corrected chi connectivity index (χ0v) is 25.2. The molecule has 3 rings (SSSR count). The molecule has 6 atom stereocenters. The third kappa shape index (κ3) is 9.95. The lowest BCUT2D eigenvalue weighted by Crippen LogP contribution is -2.60. The van der Waals surface area contributed by atoms with E-state index in [-0.39, 0.29) is 12.0 Å². The predicted octanol–water partition coefficient (Wildman–Crippen LogP) is 4.21. The Morgan fingerprint density at radius 2 is 1.51 bits per heavy atom. The first-order chi connectivity index (χ1) is 19.3. The van der Waals surface area contributed by atoms with E-state index in [0.717, 1.165) is 37.9 Å². The summed E-state index contributed by atoms with van der Waals surface area (Å²) in [4.78, 5) is 35.1. The third-order valence-electron chi connectivity index (χ3n) is 6.84. The number of nitrogens with one attached hydrogen (secondary N) is 1. The summed E-state index contributed by atoms with van der Waals surface area (Å²) < 4.78 is 39.8. The van der Waals surface area contributed by atoms with Gasteiger partial charge in [0.15, 0.2) is 24.6 Å². The summed E-state index contributed by atoms with van der Waals surface area (Å²) in [6.45, 7) is 13.0. The summed E-state index contributed by atoms with van der Waals surface area (Å²) in [5.41, 5.74) is 2.57. The van der Waals surface area contributed by atoms with E-state index in [1.54, 1.807) is 6.92 Å². The van der Waals surface area contributed by atoms with E-state index >= 15 is 0 Å². The summed E-state index contributed by atoms with van der Waals surface area (Å²) in [5.74, 6) is -3.23. The van der Waals surface area contributed by atoms with Crippen LogP contribution >= 0.6 is 0 Å². The molecule has 2 fully saturated rings. The number of fused-ring (bicyclic) bond motifs is 1. The lowest BCUT2D eigenvalue weighted by Gasteiger charge is -2.40. The van der Waals surface area contributed by atoms with Crippen molar-refractivity contribution in [3.05, 3.63) is 29.8 Å². The molecule has 1 N–H and O–H groups in total. The van der Waals surface area contributed by atoms with E-state index in [2.05, 4.69) is 50.4 Å². The molecule has 0 saturated carbocycles. The third-order valence-corrected chi connectivity index (χ3v) is 6.84. The largest absolute Gasteiger partial charge is 0.463 e. The number of anilines is 1. The van der Waals surface area contributed by atoms with Gasteiger partial charge in [0.2, 0.25) is 0 Å². The fourth-order valence-corrected chi connectivity index (χ4v) is 4.80. The normalized spacial score (nSPS) is 27.5. The fourth-order valence-electron chi connectivity index (χ4n) is 4.80. The van der Waals surface area contributed by atoms with Crippen LogP contribution in [0.5, 0.6) is 0 Å². The number of rotatable bonds is 13. The van der Waals surface area contributed by atoms with Crippen LogP contribution in [0.3, 0.4) is 0 Å². The van der Waals surface area contributed by atoms with Crippen molar-refractivity contribution in [2.24, 2.45) is 0 Å². The Morgan fingerprint density at radius 1 is 0.878 bits per heavy atom. The maximum atomic E-state index is 11.9. The molecule has 2 aliphatic rings. The van der Waals surface area contributed by atoms with Crippen LogP contribution in [0, 0.1) is 0 Å². The van der Waals surface area contributed by atoms with Crippen molar-refractivity contribution in [3.8, 4) is 0 Å². The SMILES string of the molecule is CC(=O)OC[C@H]1O[C@H]2O[C@](C)(OCCCCCCNc3ccc(C(C)(C)C)cc3)O[C@H]2[C@@H](OC(C)=O)[C@@H]1OC(C)=O. The zero-order chi connectivity index (χ0) is 30.2. The lowest BCUT2D eigenvalue weighted by molar-refractivity contribution is -0.344. The average molecular weight is 580 g/mol. The van der Waals surface area contributed by atoms with E-state index in [0.29, 0.717) is 6.61 Å². The molecule has 2 heterocycles. The van der Waals surface area contributed by atoms with Crippen LogP contribution in [0.4, 0.5) is 5.69 Å². The van der Waals surface area contributed by atoms with Gasteiger partial charge in [0.05, 0.1) is 6.61 Å². The highest BCUT2D eigenvalue weighted by molar-refractivity contribution is 5.68. The number of carbonyl (C=O) groups excluding carboxylic acids is 3. The molecule has 11 nitrogen and oxygen atoms in total. The van der Waals surface area contributed by atoms with Crippen LogP contribution in [0.1, 0.15) is 79.7 Å². The van der Waals surface area contributed by atoms with Gasteiger partial charge in [-0.3, -0.25) is 19.1 Å². The van der Waals surface area contributed by atoms with E-state index in [1.807, 2.05) is 0 Å². The fraction of sp³-hybridized carbons (Fsp3) is 0.700. The Bertz CT molecular complexity index is 1020. The second-order valence-corrected chi connectivity index (χ2v) is 11.6. The Balaban J connectivity index is 1.45. The van der Waals surface area contributed by atoms with E-state index in [1.165, 1.54) is 26.3 Å². The average Bonchev–Trinajstić information content (AvgIpc) is 3.21. The van der Waals surface area contributed by atoms with Crippen molar-refractivity contribution < 1.29 is 47.5 Å². The van der Waals surface area contributed by atoms with Crippen LogP contribution in [0.25, 0.3) is 0 Å². The van der Waals surface area contributed by atoms with Gasteiger partial charge in [-0.1, -0.05) is 45.7 Å². The topological polar surface area (TPSA) is 128 Å². The molecule has 41 heavy (non-hydrogen) atoms. The Labute approximate surface area is 242 Å². The molecule has 0 amide bonds. The number of ether oxygens (including phenoxy) is 7. The van der Waals surface area contributed by atoms with E-state index in [4.69, 9.17) is 33.2 Å². The Kier molecular flexibility index (Phi) is 11.5. The minimum absolute atomic E-state index is 0.140. The molecular weight excluding hydrogens is 534 g/mol. The van der Waals surface area contributed by atoms with Crippen molar-refractivity contribution >= 4 is 23.6 Å². The van der Waals surface area contributed by atoms with Gasteiger partial charge in [-0.15, -0.1) is 0 Å².